The Bertz CT molecular complexity index is 750. The Hall–Kier alpha value is -2.89. The second kappa shape index (κ2) is 8.99. The van der Waals surface area contributed by atoms with E-state index in [2.05, 4.69) is 10.6 Å². The maximum absolute atomic E-state index is 13.8. The number of carbonyl (C=O) groups is 2. The number of amides is 3. The monoisotopic (exact) mass is 357 g/mol. The van der Waals surface area contributed by atoms with Gasteiger partial charge < -0.3 is 15.5 Å². The molecule has 2 rings (SSSR count). The molecule has 0 saturated carbocycles. The van der Waals surface area contributed by atoms with Crippen LogP contribution in [-0.4, -0.2) is 29.9 Å². The van der Waals surface area contributed by atoms with Crippen molar-refractivity contribution in [2.75, 3.05) is 12.4 Å². The summed E-state index contributed by atoms with van der Waals surface area (Å²) >= 11 is 0. The molecule has 1 unspecified atom stereocenters. The highest BCUT2D eigenvalue weighted by molar-refractivity contribution is 5.93. The summed E-state index contributed by atoms with van der Waals surface area (Å²) in [4.78, 5) is 26.4. The summed E-state index contributed by atoms with van der Waals surface area (Å²) in [5, 5.41) is 5.41. The second-order valence-electron chi connectivity index (χ2n) is 6.47. The quantitative estimate of drug-likeness (QED) is 0.829. The molecule has 0 fully saturated rings. The second-order valence-corrected chi connectivity index (χ2v) is 6.47. The number of likely N-dealkylation sites (N-methyl/N-ethyl adjacent to an activating group) is 1. The summed E-state index contributed by atoms with van der Waals surface area (Å²) < 4.78 is 13.8. The highest BCUT2D eigenvalue weighted by Gasteiger charge is 2.27. The van der Waals surface area contributed by atoms with Crippen molar-refractivity contribution in [3.63, 3.8) is 0 Å². The van der Waals surface area contributed by atoms with Crippen LogP contribution in [0.15, 0.2) is 54.6 Å². The highest BCUT2D eigenvalue weighted by Crippen LogP contribution is 2.12. The molecule has 0 aliphatic carbocycles. The molecule has 0 aliphatic rings. The predicted octanol–water partition coefficient (Wildman–Crippen LogP) is 3.63. The molecule has 5 nitrogen and oxygen atoms in total. The van der Waals surface area contributed by atoms with Crippen LogP contribution in [0.2, 0.25) is 0 Å². The molecule has 26 heavy (non-hydrogen) atoms. The van der Waals surface area contributed by atoms with Gasteiger partial charge in [0.2, 0.25) is 5.91 Å². The van der Waals surface area contributed by atoms with E-state index >= 15 is 0 Å². The molecule has 3 amide bonds. The molecule has 0 saturated heterocycles. The molecule has 0 aliphatic heterocycles. The normalized spacial score (nSPS) is 11.7. The van der Waals surface area contributed by atoms with Crippen molar-refractivity contribution in [2.45, 2.75) is 26.4 Å². The van der Waals surface area contributed by atoms with E-state index in [0.717, 1.165) is 0 Å². The lowest BCUT2D eigenvalue weighted by atomic mass is 10.0. The molecule has 2 aromatic rings. The van der Waals surface area contributed by atoms with Crippen molar-refractivity contribution in [1.82, 2.24) is 10.2 Å². The van der Waals surface area contributed by atoms with Crippen LogP contribution in [0.3, 0.4) is 0 Å². The van der Waals surface area contributed by atoms with Gasteiger partial charge in [0, 0.05) is 24.8 Å². The van der Waals surface area contributed by atoms with Crippen molar-refractivity contribution >= 4 is 17.6 Å². The molecule has 2 aromatic carbocycles. The number of benzene rings is 2. The van der Waals surface area contributed by atoms with E-state index in [1.165, 1.54) is 11.0 Å². The van der Waals surface area contributed by atoms with Gasteiger partial charge in [0.05, 0.1) is 0 Å². The van der Waals surface area contributed by atoms with E-state index in [1.807, 2.05) is 32.0 Å². The number of anilines is 1. The fraction of sp³-hybridized carbons (Fsp3) is 0.300. The van der Waals surface area contributed by atoms with Crippen LogP contribution in [0.5, 0.6) is 0 Å². The minimum Gasteiger partial charge on any atom is -0.340 e. The van der Waals surface area contributed by atoms with E-state index in [1.54, 1.807) is 37.4 Å². The number of hydrogen-bond donors (Lipinski definition) is 2. The summed E-state index contributed by atoms with van der Waals surface area (Å²) in [6, 6.07) is 14.1. The molecule has 0 heterocycles. The van der Waals surface area contributed by atoms with Gasteiger partial charge in [-0.2, -0.15) is 0 Å². The molecular formula is C20H24FN3O2. The maximum Gasteiger partial charge on any atom is 0.319 e. The average molecular weight is 357 g/mol. The Balaban J connectivity index is 2.02. The molecule has 1 atom stereocenters. The van der Waals surface area contributed by atoms with E-state index < -0.39 is 12.1 Å². The molecule has 0 aromatic heterocycles. The van der Waals surface area contributed by atoms with Gasteiger partial charge in [0.15, 0.2) is 0 Å². The van der Waals surface area contributed by atoms with E-state index in [9.17, 15) is 14.0 Å². The average Bonchev–Trinajstić information content (AvgIpc) is 2.61. The first kappa shape index (κ1) is 19.4. The minimum atomic E-state index is -0.713. The Morgan fingerprint density at radius 2 is 1.65 bits per heavy atom. The maximum atomic E-state index is 13.8. The third kappa shape index (κ3) is 5.31. The topological polar surface area (TPSA) is 61.4 Å². The fourth-order valence-corrected chi connectivity index (χ4v) is 2.54. The van der Waals surface area contributed by atoms with Crippen LogP contribution in [0, 0.1) is 11.7 Å². The summed E-state index contributed by atoms with van der Waals surface area (Å²) in [6.07, 6.45) is 0. The third-order valence-corrected chi connectivity index (χ3v) is 3.99. The van der Waals surface area contributed by atoms with Crippen LogP contribution in [-0.2, 0) is 11.3 Å². The summed E-state index contributed by atoms with van der Waals surface area (Å²) in [5.74, 6) is -0.749. The molecule has 0 bridgehead atoms. The van der Waals surface area contributed by atoms with E-state index in [0.29, 0.717) is 11.3 Å². The molecule has 138 valence electrons. The van der Waals surface area contributed by atoms with Gasteiger partial charge in [-0.3, -0.25) is 4.79 Å². The number of hydrogen-bond acceptors (Lipinski definition) is 2. The van der Waals surface area contributed by atoms with Gasteiger partial charge in [-0.05, 0) is 24.1 Å². The zero-order valence-corrected chi connectivity index (χ0v) is 15.2. The standard InChI is InChI=1S/C20H24FN3O2/c1-14(2)18(23-20(26)22-16-10-5-4-6-11-16)19(25)24(3)13-15-9-7-8-12-17(15)21/h4-12,14,18H,13H2,1-3H3,(H2,22,23,26). The van der Waals surface area contributed by atoms with Crippen LogP contribution >= 0.6 is 0 Å². The third-order valence-electron chi connectivity index (χ3n) is 3.99. The van der Waals surface area contributed by atoms with Gasteiger partial charge in [-0.1, -0.05) is 50.2 Å². The Kier molecular flexibility index (Phi) is 6.72. The Labute approximate surface area is 153 Å². The molecule has 0 spiro atoms. The fourth-order valence-electron chi connectivity index (χ4n) is 2.54. The predicted molar refractivity (Wildman–Crippen MR) is 100 cm³/mol. The van der Waals surface area contributed by atoms with Crippen molar-refractivity contribution in [3.8, 4) is 0 Å². The van der Waals surface area contributed by atoms with E-state index in [4.69, 9.17) is 0 Å². The van der Waals surface area contributed by atoms with Gasteiger partial charge in [-0.15, -0.1) is 0 Å². The molecule has 0 radical (unpaired) electrons. The van der Waals surface area contributed by atoms with E-state index in [-0.39, 0.29) is 24.2 Å². The van der Waals surface area contributed by atoms with Crippen LogP contribution in [0.1, 0.15) is 19.4 Å². The number of carbonyl (C=O) groups excluding carboxylic acids is 2. The summed E-state index contributed by atoms with van der Waals surface area (Å²) in [6.45, 7) is 3.83. The van der Waals surface area contributed by atoms with Crippen molar-refractivity contribution in [2.24, 2.45) is 5.92 Å². The summed E-state index contributed by atoms with van der Waals surface area (Å²) in [5.41, 5.74) is 1.07. The summed E-state index contributed by atoms with van der Waals surface area (Å²) in [7, 11) is 1.60. The lowest BCUT2D eigenvalue weighted by Gasteiger charge is -2.27. The lowest BCUT2D eigenvalue weighted by molar-refractivity contribution is -0.133. The Morgan fingerprint density at radius 1 is 1.04 bits per heavy atom. The van der Waals surface area contributed by atoms with Crippen molar-refractivity contribution in [1.29, 1.82) is 0 Å². The number of urea groups is 1. The van der Waals surface area contributed by atoms with Crippen molar-refractivity contribution < 1.29 is 14.0 Å². The van der Waals surface area contributed by atoms with Crippen molar-refractivity contribution in [3.05, 3.63) is 66.0 Å². The van der Waals surface area contributed by atoms with Crippen LogP contribution in [0.25, 0.3) is 0 Å². The zero-order valence-electron chi connectivity index (χ0n) is 15.2. The molecule has 6 heteroatoms. The number of nitrogens with zero attached hydrogens (tertiary/aromatic N) is 1. The number of nitrogens with one attached hydrogen (secondary N) is 2. The lowest BCUT2D eigenvalue weighted by Crippen LogP contribution is -2.51. The highest BCUT2D eigenvalue weighted by atomic mass is 19.1. The smallest absolute Gasteiger partial charge is 0.319 e. The number of para-hydroxylation sites is 1. The first-order valence-corrected chi connectivity index (χ1v) is 8.49. The zero-order chi connectivity index (χ0) is 19.1. The van der Waals surface area contributed by atoms with Gasteiger partial charge in [-0.25, -0.2) is 9.18 Å². The molecule has 2 N–H and O–H groups in total. The Morgan fingerprint density at radius 3 is 2.27 bits per heavy atom. The SMILES string of the molecule is CC(C)C(NC(=O)Nc1ccccc1)C(=O)N(C)Cc1ccccc1F. The number of rotatable bonds is 6. The minimum absolute atomic E-state index is 0.118. The van der Waals surface area contributed by atoms with Gasteiger partial charge >= 0.3 is 6.03 Å². The number of halogens is 1. The first-order chi connectivity index (χ1) is 12.4. The van der Waals surface area contributed by atoms with Gasteiger partial charge in [0.25, 0.3) is 0 Å². The van der Waals surface area contributed by atoms with Crippen LogP contribution in [0.4, 0.5) is 14.9 Å². The largest absolute Gasteiger partial charge is 0.340 e. The van der Waals surface area contributed by atoms with Gasteiger partial charge in [0.1, 0.15) is 11.9 Å². The molecular weight excluding hydrogens is 333 g/mol. The first-order valence-electron chi connectivity index (χ1n) is 8.49. The van der Waals surface area contributed by atoms with Crippen LogP contribution < -0.4 is 10.6 Å².